The van der Waals surface area contributed by atoms with Crippen molar-refractivity contribution in [1.82, 2.24) is 15.0 Å². The minimum Gasteiger partial charge on any atom is -0.328 e. The normalized spacial score (nSPS) is 12.4. The molecule has 0 aliphatic heterocycles. The Morgan fingerprint density at radius 1 is 1.24 bits per heavy atom. The highest BCUT2D eigenvalue weighted by Crippen LogP contribution is 2.21. The third-order valence-electron chi connectivity index (χ3n) is 2.09. The Labute approximate surface area is 105 Å². The Morgan fingerprint density at radius 3 is 2.59 bits per heavy atom. The molecule has 0 saturated heterocycles. The fourth-order valence-electron chi connectivity index (χ4n) is 1.40. The van der Waals surface area contributed by atoms with Crippen LogP contribution in [-0.2, 0) is 6.42 Å². The van der Waals surface area contributed by atoms with Crippen LogP contribution in [0.15, 0.2) is 47.0 Å². The van der Waals surface area contributed by atoms with Gasteiger partial charge in [-0.1, -0.05) is 6.07 Å². The first-order valence-corrected chi connectivity index (χ1v) is 6.21. The number of hydrogen-bond acceptors (Lipinski definition) is 5. The highest BCUT2D eigenvalue weighted by Gasteiger charge is 2.02. The summed E-state index contributed by atoms with van der Waals surface area (Å²) in [4.78, 5) is 12.6. The van der Waals surface area contributed by atoms with E-state index in [2.05, 4.69) is 15.0 Å². The lowest BCUT2D eigenvalue weighted by atomic mass is 10.1. The van der Waals surface area contributed by atoms with E-state index in [0.29, 0.717) is 5.16 Å². The SMILES string of the molecule is CC(N)Cc1ccc(Sc2ncccn2)nc1. The van der Waals surface area contributed by atoms with E-state index in [1.54, 1.807) is 18.5 Å². The molecule has 1 atom stereocenters. The van der Waals surface area contributed by atoms with E-state index in [1.807, 2.05) is 25.3 Å². The van der Waals surface area contributed by atoms with E-state index >= 15 is 0 Å². The van der Waals surface area contributed by atoms with Crippen molar-refractivity contribution in [2.24, 2.45) is 5.73 Å². The summed E-state index contributed by atoms with van der Waals surface area (Å²) in [6.07, 6.45) is 6.15. The van der Waals surface area contributed by atoms with Crippen molar-refractivity contribution in [1.29, 1.82) is 0 Å². The van der Waals surface area contributed by atoms with Gasteiger partial charge in [-0.15, -0.1) is 0 Å². The summed E-state index contributed by atoms with van der Waals surface area (Å²) in [6, 6.07) is 5.97. The van der Waals surface area contributed by atoms with Crippen LogP contribution in [-0.4, -0.2) is 21.0 Å². The first-order valence-electron chi connectivity index (χ1n) is 5.39. The Kier molecular flexibility index (Phi) is 4.06. The molecule has 0 bridgehead atoms. The minimum absolute atomic E-state index is 0.160. The average molecular weight is 246 g/mol. The van der Waals surface area contributed by atoms with Gasteiger partial charge in [0.25, 0.3) is 0 Å². The molecule has 4 nitrogen and oxygen atoms in total. The number of nitrogens with two attached hydrogens (primary N) is 1. The van der Waals surface area contributed by atoms with Crippen LogP contribution >= 0.6 is 11.8 Å². The van der Waals surface area contributed by atoms with Crippen LogP contribution in [0.5, 0.6) is 0 Å². The molecule has 0 spiro atoms. The molecule has 0 fully saturated rings. The molecule has 2 aromatic heterocycles. The van der Waals surface area contributed by atoms with E-state index in [0.717, 1.165) is 17.0 Å². The highest BCUT2D eigenvalue weighted by atomic mass is 32.2. The molecular weight excluding hydrogens is 232 g/mol. The molecule has 88 valence electrons. The predicted molar refractivity (Wildman–Crippen MR) is 67.7 cm³/mol. The maximum Gasteiger partial charge on any atom is 0.193 e. The topological polar surface area (TPSA) is 64.7 Å². The van der Waals surface area contributed by atoms with Gasteiger partial charge in [-0.25, -0.2) is 15.0 Å². The molecule has 0 saturated carbocycles. The number of nitrogens with zero attached hydrogens (tertiary/aromatic N) is 3. The zero-order valence-corrected chi connectivity index (χ0v) is 10.4. The lowest BCUT2D eigenvalue weighted by Crippen LogP contribution is -2.17. The molecule has 17 heavy (non-hydrogen) atoms. The van der Waals surface area contributed by atoms with Gasteiger partial charge in [0.2, 0.25) is 0 Å². The summed E-state index contributed by atoms with van der Waals surface area (Å²) in [5.41, 5.74) is 6.88. The van der Waals surface area contributed by atoms with Crippen LogP contribution in [0.25, 0.3) is 0 Å². The first kappa shape index (κ1) is 12.0. The van der Waals surface area contributed by atoms with Crippen LogP contribution in [0.3, 0.4) is 0 Å². The zero-order valence-electron chi connectivity index (χ0n) is 9.58. The summed E-state index contributed by atoms with van der Waals surface area (Å²) >= 11 is 1.45. The van der Waals surface area contributed by atoms with Crippen LogP contribution < -0.4 is 5.73 Å². The third-order valence-corrected chi connectivity index (χ3v) is 2.94. The molecule has 2 heterocycles. The van der Waals surface area contributed by atoms with Crippen molar-refractivity contribution in [2.75, 3.05) is 0 Å². The maximum atomic E-state index is 5.73. The summed E-state index contributed by atoms with van der Waals surface area (Å²) in [7, 11) is 0. The first-order chi connectivity index (χ1) is 8.24. The lowest BCUT2D eigenvalue weighted by Gasteiger charge is -2.05. The molecule has 0 radical (unpaired) electrons. The summed E-state index contributed by atoms with van der Waals surface area (Å²) in [5, 5.41) is 1.60. The average Bonchev–Trinajstić information content (AvgIpc) is 2.32. The minimum atomic E-state index is 0.160. The van der Waals surface area contributed by atoms with Crippen LogP contribution in [0.4, 0.5) is 0 Å². The summed E-state index contributed by atoms with van der Waals surface area (Å²) < 4.78 is 0. The number of pyridine rings is 1. The molecule has 0 aromatic carbocycles. The van der Waals surface area contributed by atoms with E-state index in [9.17, 15) is 0 Å². The molecule has 2 rings (SSSR count). The van der Waals surface area contributed by atoms with Gasteiger partial charge in [-0.2, -0.15) is 0 Å². The van der Waals surface area contributed by atoms with Crippen molar-refractivity contribution in [3.63, 3.8) is 0 Å². The molecule has 0 amide bonds. The van der Waals surface area contributed by atoms with Gasteiger partial charge in [-0.3, -0.25) is 0 Å². The quantitative estimate of drug-likeness (QED) is 0.835. The van der Waals surface area contributed by atoms with Crippen molar-refractivity contribution in [2.45, 2.75) is 29.6 Å². The van der Waals surface area contributed by atoms with Crippen molar-refractivity contribution in [3.8, 4) is 0 Å². The van der Waals surface area contributed by atoms with Crippen LogP contribution in [0, 0.1) is 0 Å². The molecular formula is C12H14N4S. The lowest BCUT2D eigenvalue weighted by molar-refractivity contribution is 0.734. The Morgan fingerprint density at radius 2 is 2.00 bits per heavy atom. The predicted octanol–water partition coefficient (Wildman–Crippen LogP) is 1.91. The second-order valence-electron chi connectivity index (χ2n) is 3.82. The monoisotopic (exact) mass is 246 g/mol. The van der Waals surface area contributed by atoms with E-state index in [1.165, 1.54) is 11.8 Å². The number of hydrogen-bond donors (Lipinski definition) is 1. The highest BCUT2D eigenvalue weighted by molar-refractivity contribution is 7.99. The van der Waals surface area contributed by atoms with Crippen LogP contribution in [0.1, 0.15) is 12.5 Å². The Balaban J connectivity index is 2.03. The van der Waals surface area contributed by atoms with Gasteiger partial charge in [-0.05, 0) is 42.8 Å². The van der Waals surface area contributed by atoms with Gasteiger partial charge in [0, 0.05) is 24.6 Å². The van der Waals surface area contributed by atoms with Crippen molar-refractivity contribution in [3.05, 3.63) is 42.4 Å². The Bertz CT molecular complexity index is 456. The van der Waals surface area contributed by atoms with Gasteiger partial charge >= 0.3 is 0 Å². The van der Waals surface area contributed by atoms with Gasteiger partial charge in [0.15, 0.2) is 5.16 Å². The fourth-order valence-corrected chi connectivity index (χ4v) is 2.05. The molecule has 0 aliphatic rings. The molecule has 5 heteroatoms. The molecule has 2 N–H and O–H groups in total. The van der Waals surface area contributed by atoms with Gasteiger partial charge in [0.1, 0.15) is 5.03 Å². The van der Waals surface area contributed by atoms with E-state index in [4.69, 9.17) is 5.73 Å². The molecule has 0 aliphatic carbocycles. The zero-order chi connectivity index (χ0) is 12.1. The standard InChI is InChI=1S/C12H14N4S/c1-9(13)7-10-3-4-11(16-8-10)17-12-14-5-2-6-15-12/h2-6,8-9H,7,13H2,1H3. The van der Waals surface area contributed by atoms with Gasteiger partial charge < -0.3 is 5.73 Å². The van der Waals surface area contributed by atoms with Gasteiger partial charge in [0.05, 0.1) is 0 Å². The van der Waals surface area contributed by atoms with Crippen molar-refractivity contribution < 1.29 is 0 Å². The van der Waals surface area contributed by atoms with Crippen molar-refractivity contribution >= 4 is 11.8 Å². The summed E-state index contributed by atoms with van der Waals surface area (Å²) in [5.74, 6) is 0. The fraction of sp³-hybridized carbons (Fsp3) is 0.250. The van der Waals surface area contributed by atoms with E-state index in [-0.39, 0.29) is 6.04 Å². The Hall–Kier alpha value is -1.46. The maximum absolute atomic E-state index is 5.73. The largest absolute Gasteiger partial charge is 0.328 e. The number of aromatic nitrogens is 3. The molecule has 2 aromatic rings. The smallest absolute Gasteiger partial charge is 0.193 e. The second kappa shape index (κ2) is 5.75. The summed E-state index contributed by atoms with van der Waals surface area (Å²) in [6.45, 7) is 1.99. The second-order valence-corrected chi connectivity index (χ2v) is 4.81. The number of rotatable bonds is 4. The van der Waals surface area contributed by atoms with Crippen LogP contribution in [0.2, 0.25) is 0 Å². The third kappa shape index (κ3) is 3.80. The molecule has 1 unspecified atom stereocenters. The van der Waals surface area contributed by atoms with E-state index < -0.39 is 0 Å².